The van der Waals surface area contributed by atoms with Crippen LogP contribution < -0.4 is 0 Å². The second kappa shape index (κ2) is 5.29. The van der Waals surface area contributed by atoms with Gasteiger partial charge >= 0.3 is 0 Å². The zero-order chi connectivity index (χ0) is 13.5. The van der Waals surface area contributed by atoms with Crippen molar-refractivity contribution in [2.45, 2.75) is 29.5 Å². The first kappa shape index (κ1) is 13.8. The summed E-state index contributed by atoms with van der Waals surface area (Å²) in [4.78, 5) is 3.83. The average Bonchev–Trinajstić information content (AvgIpc) is 2.88. The maximum absolute atomic E-state index is 12.6. The molecule has 1 saturated carbocycles. The molecule has 2 aliphatic rings. The van der Waals surface area contributed by atoms with E-state index in [0.717, 1.165) is 37.2 Å². The molecule has 1 aromatic heterocycles. The standard InChI is InChI=1S/C11H15ClN2O3S2/c12-11-13-5-10(18-11)19(15,16)14(9-1-2-9)6-8-3-4-17-7-8/h5,8-9H,1-4,6-7H2. The number of ether oxygens (including phenoxy) is 1. The third-order valence-electron chi connectivity index (χ3n) is 3.44. The van der Waals surface area contributed by atoms with Crippen molar-refractivity contribution in [1.29, 1.82) is 0 Å². The third kappa shape index (κ3) is 2.95. The second-order valence-electron chi connectivity index (χ2n) is 4.97. The Morgan fingerprint density at radius 2 is 2.26 bits per heavy atom. The zero-order valence-corrected chi connectivity index (χ0v) is 12.7. The molecule has 0 radical (unpaired) electrons. The number of sulfonamides is 1. The molecule has 5 nitrogen and oxygen atoms in total. The lowest BCUT2D eigenvalue weighted by atomic mass is 10.1. The summed E-state index contributed by atoms with van der Waals surface area (Å²) in [5, 5.41) is 0. The van der Waals surface area contributed by atoms with Gasteiger partial charge in [-0.05, 0) is 25.2 Å². The third-order valence-corrected chi connectivity index (χ3v) is 6.91. The fourth-order valence-corrected chi connectivity index (χ4v) is 5.45. The molecule has 19 heavy (non-hydrogen) atoms. The molecule has 0 amide bonds. The van der Waals surface area contributed by atoms with Gasteiger partial charge < -0.3 is 4.74 Å². The molecule has 0 N–H and O–H groups in total. The maximum Gasteiger partial charge on any atom is 0.254 e. The Balaban J connectivity index is 1.82. The molecule has 8 heteroatoms. The van der Waals surface area contributed by atoms with Crippen molar-refractivity contribution in [2.75, 3.05) is 19.8 Å². The fourth-order valence-electron chi connectivity index (χ4n) is 2.26. The van der Waals surface area contributed by atoms with Crippen LogP contribution in [-0.4, -0.2) is 43.5 Å². The van der Waals surface area contributed by atoms with Crippen LogP contribution in [0.3, 0.4) is 0 Å². The monoisotopic (exact) mass is 322 g/mol. The Morgan fingerprint density at radius 1 is 1.47 bits per heavy atom. The molecule has 0 spiro atoms. The Bertz CT molecular complexity index is 550. The largest absolute Gasteiger partial charge is 0.381 e. The number of halogens is 1. The summed E-state index contributed by atoms with van der Waals surface area (Å²) in [5.74, 6) is 0.304. The second-order valence-corrected chi connectivity index (χ2v) is 8.70. The molecule has 0 bridgehead atoms. The van der Waals surface area contributed by atoms with E-state index in [4.69, 9.17) is 16.3 Å². The number of thiazole rings is 1. The summed E-state index contributed by atoms with van der Waals surface area (Å²) >= 11 is 6.76. The van der Waals surface area contributed by atoms with Gasteiger partial charge in [-0.15, -0.1) is 0 Å². The van der Waals surface area contributed by atoms with Gasteiger partial charge in [0, 0.05) is 19.2 Å². The molecule has 3 rings (SSSR count). The van der Waals surface area contributed by atoms with Crippen LogP contribution in [-0.2, 0) is 14.8 Å². The van der Waals surface area contributed by atoms with Crippen LogP contribution in [0.4, 0.5) is 0 Å². The topological polar surface area (TPSA) is 59.5 Å². The van der Waals surface area contributed by atoms with E-state index in [1.165, 1.54) is 6.20 Å². The van der Waals surface area contributed by atoms with Crippen LogP contribution in [0.2, 0.25) is 4.47 Å². The predicted octanol–water partition coefficient (Wildman–Crippen LogP) is 1.99. The van der Waals surface area contributed by atoms with Gasteiger partial charge in [-0.2, -0.15) is 4.31 Å². The molecule has 1 aromatic rings. The molecule has 106 valence electrons. The lowest BCUT2D eigenvalue weighted by Gasteiger charge is -2.23. The highest BCUT2D eigenvalue weighted by molar-refractivity contribution is 7.91. The summed E-state index contributed by atoms with van der Waals surface area (Å²) < 4.78 is 32.7. The van der Waals surface area contributed by atoms with Crippen molar-refractivity contribution < 1.29 is 13.2 Å². The summed E-state index contributed by atoms with van der Waals surface area (Å²) in [5.41, 5.74) is 0. The van der Waals surface area contributed by atoms with Crippen molar-refractivity contribution in [2.24, 2.45) is 5.92 Å². The van der Waals surface area contributed by atoms with Gasteiger partial charge in [-0.1, -0.05) is 22.9 Å². The van der Waals surface area contributed by atoms with Crippen molar-refractivity contribution in [3.8, 4) is 0 Å². The van der Waals surface area contributed by atoms with E-state index in [2.05, 4.69) is 4.98 Å². The maximum atomic E-state index is 12.6. The van der Waals surface area contributed by atoms with Crippen LogP contribution >= 0.6 is 22.9 Å². The molecular formula is C11H15ClN2O3S2. The summed E-state index contributed by atoms with van der Waals surface area (Å²) in [6.45, 7) is 1.93. The van der Waals surface area contributed by atoms with Crippen molar-refractivity contribution in [1.82, 2.24) is 9.29 Å². The minimum absolute atomic E-state index is 0.145. The summed E-state index contributed by atoms with van der Waals surface area (Å²) in [6.07, 6.45) is 4.17. The first-order chi connectivity index (χ1) is 9.07. The van der Waals surface area contributed by atoms with Crippen LogP contribution in [0.1, 0.15) is 19.3 Å². The molecule has 1 atom stereocenters. The SMILES string of the molecule is O=S(=O)(c1cnc(Cl)s1)N(CC1CCOC1)C1CC1. The van der Waals surface area contributed by atoms with E-state index >= 15 is 0 Å². The zero-order valence-electron chi connectivity index (χ0n) is 10.3. The number of hydrogen-bond donors (Lipinski definition) is 0. The molecule has 0 aromatic carbocycles. The number of nitrogens with zero attached hydrogens (tertiary/aromatic N) is 2. The van der Waals surface area contributed by atoms with Crippen LogP contribution in [0, 0.1) is 5.92 Å². The first-order valence-electron chi connectivity index (χ1n) is 6.28. The lowest BCUT2D eigenvalue weighted by Crippen LogP contribution is -2.37. The number of hydrogen-bond acceptors (Lipinski definition) is 5. The number of rotatable bonds is 5. The highest BCUT2D eigenvalue weighted by Crippen LogP contribution is 2.35. The van der Waals surface area contributed by atoms with Gasteiger partial charge in [0.15, 0.2) is 8.68 Å². The molecule has 1 saturated heterocycles. The Kier molecular flexibility index (Phi) is 3.83. The van der Waals surface area contributed by atoms with Gasteiger partial charge in [-0.25, -0.2) is 13.4 Å². The van der Waals surface area contributed by atoms with Crippen molar-refractivity contribution >= 4 is 33.0 Å². The molecule has 2 fully saturated rings. The Morgan fingerprint density at radius 3 is 2.79 bits per heavy atom. The fraction of sp³-hybridized carbons (Fsp3) is 0.727. The average molecular weight is 323 g/mol. The summed E-state index contributed by atoms with van der Waals surface area (Å²) in [6, 6.07) is 0.145. The number of aromatic nitrogens is 1. The van der Waals surface area contributed by atoms with E-state index in [-0.39, 0.29) is 14.7 Å². The van der Waals surface area contributed by atoms with Crippen molar-refractivity contribution in [3.63, 3.8) is 0 Å². The first-order valence-corrected chi connectivity index (χ1v) is 8.92. The highest BCUT2D eigenvalue weighted by atomic mass is 35.5. The molecule has 1 aliphatic heterocycles. The smallest absolute Gasteiger partial charge is 0.254 e. The Labute approximate surface area is 121 Å². The van der Waals surface area contributed by atoms with Crippen LogP contribution in [0.25, 0.3) is 0 Å². The lowest BCUT2D eigenvalue weighted by molar-refractivity contribution is 0.180. The normalized spacial score (nSPS) is 24.2. The van der Waals surface area contributed by atoms with Crippen molar-refractivity contribution in [3.05, 3.63) is 10.7 Å². The van der Waals surface area contributed by atoms with Gasteiger partial charge in [0.25, 0.3) is 10.0 Å². The van der Waals surface area contributed by atoms with Crippen LogP contribution in [0.5, 0.6) is 0 Å². The Hall–Kier alpha value is -0.210. The van der Waals surface area contributed by atoms with E-state index in [9.17, 15) is 8.42 Å². The van der Waals surface area contributed by atoms with Gasteiger partial charge in [-0.3, -0.25) is 0 Å². The minimum atomic E-state index is -3.46. The van der Waals surface area contributed by atoms with Gasteiger partial charge in [0.1, 0.15) is 0 Å². The predicted molar refractivity (Wildman–Crippen MR) is 73.0 cm³/mol. The van der Waals surface area contributed by atoms with E-state index in [1.807, 2.05) is 0 Å². The van der Waals surface area contributed by atoms with E-state index in [1.54, 1.807) is 4.31 Å². The molecule has 2 heterocycles. The molecule has 1 unspecified atom stereocenters. The molecule has 1 aliphatic carbocycles. The summed E-state index contributed by atoms with van der Waals surface area (Å²) in [7, 11) is -3.46. The van der Waals surface area contributed by atoms with Gasteiger partial charge in [0.05, 0.1) is 12.8 Å². The highest BCUT2D eigenvalue weighted by Gasteiger charge is 2.40. The van der Waals surface area contributed by atoms with E-state index < -0.39 is 10.0 Å². The van der Waals surface area contributed by atoms with Crippen LogP contribution in [0.15, 0.2) is 10.4 Å². The minimum Gasteiger partial charge on any atom is -0.381 e. The van der Waals surface area contributed by atoms with Gasteiger partial charge in [0.2, 0.25) is 0 Å². The molecular weight excluding hydrogens is 308 g/mol. The van der Waals surface area contributed by atoms with E-state index in [0.29, 0.717) is 19.1 Å². The quantitative estimate of drug-likeness (QED) is 0.831.